The highest BCUT2D eigenvalue weighted by molar-refractivity contribution is 5.97. The number of hydrogen-bond donors (Lipinski definition) is 2. The molecular weight excluding hydrogens is 304 g/mol. The van der Waals surface area contributed by atoms with Crippen LogP contribution in [-0.4, -0.2) is 23.6 Å². The molecule has 0 radical (unpaired) electrons. The van der Waals surface area contributed by atoms with Crippen molar-refractivity contribution in [2.24, 2.45) is 11.8 Å². The van der Waals surface area contributed by atoms with Crippen molar-refractivity contribution < 1.29 is 14.4 Å². The number of benzene rings is 1. The fraction of sp³-hybridized carbons (Fsp3) is 0.526. The number of nitrogens with one attached hydrogen (secondary N) is 2. The average molecular weight is 330 g/mol. The molecule has 0 bridgehead atoms. The molecule has 2 amide bonds. The van der Waals surface area contributed by atoms with Crippen LogP contribution in [0.1, 0.15) is 56.8 Å². The van der Waals surface area contributed by atoms with Gasteiger partial charge in [0, 0.05) is 29.1 Å². The van der Waals surface area contributed by atoms with E-state index in [1.54, 1.807) is 24.3 Å². The summed E-state index contributed by atoms with van der Waals surface area (Å²) >= 11 is 0. The molecular formula is C19H26N2O3. The number of carbonyl (C=O) groups is 3. The summed E-state index contributed by atoms with van der Waals surface area (Å²) in [4.78, 5) is 35.9. The molecule has 1 saturated carbocycles. The van der Waals surface area contributed by atoms with E-state index in [9.17, 15) is 14.4 Å². The van der Waals surface area contributed by atoms with E-state index in [4.69, 9.17) is 0 Å². The molecule has 130 valence electrons. The normalized spacial score (nSPS) is 20.5. The topological polar surface area (TPSA) is 75.3 Å². The second-order valence-corrected chi connectivity index (χ2v) is 6.84. The summed E-state index contributed by atoms with van der Waals surface area (Å²) in [6.07, 6.45) is 2.91. The van der Waals surface area contributed by atoms with Crippen LogP contribution < -0.4 is 10.6 Å². The molecule has 1 fully saturated rings. The van der Waals surface area contributed by atoms with Gasteiger partial charge in [0.05, 0.1) is 0 Å². The van der Waals surface area contributed by atoms with Gasteiger partial charge in [0.2, 0.25) is 11.8 Å². The van der Waals surface area contributed by atoms with Gasteiger partial charge in [0.15, 0.2) is 5.78 Å². The maximum absolute atomic E-state index is 12.4. The number of carbonyl (C=O) groups excluding carboxylic acids is 3. The standard InChI is InChI=1S/C19H26N2O3/c1-12(2)20-18(23)14-7-9-15(10-8-14)19(24)21-17-6-4-5-16(11-17)13(3)22/h4-6,11-12,14-15H,7-10H2,1-3H3,(H,20,23)(H,21,24). The molecule has 0 heterocycles. The van der Waals surface area contributed by atoms with Crippen molar-refractivity contribution in [2.75, 3.05) is 5.32 Å². The van der Waals surface area contributed by atoms with E-state index in [0.717, 1.165) is 12.8 Å². The van der Waals surface area contributed by atoms with Gasteiger partial charge in [0.25, 0.3) is 0 Å². The van der Waals surface area contributed by atoms with Crippen molar-refractivity contribution in [1.29, 1.82) is 0 Å². The summed E-state index contributed by atoms with van der Waals surface area (Å²) < 4.78 is 0. The largest absolute Gasteiger partial charge is 0.354 e. The van der Waals surface area contributed by atoms with E-state index in [1.807, 2.05) is 13.8 Å². The lowest BCUT2D eigenvalue weighted by Gasteiger charge is -2.27. The van der Waals surface area contributed by atoms with E-state index >= 15 is 0 Å². The SMILES string of the molecule is CC(=O)c1cccc(NC(=O)C2CCC(C(=O)NC(C)C)CC2)c1. The van der Waals surface area contributed by atoms with Crippen LogP contribution in [0.4, 0.5) is 5.69 Å². The van der Waals surface area contributed by atoms with Crippen molar-refractivity contribution in [1.82, 2.24) is 5.32 Å². The highest BCUT2D eigenvalue weighted by atomic mass is 16.2. The van der Waals surface area contributed by atoms with E-state index < -0.39 is 0 Å². The highest BCUT2D eigenvalue weighted by Gasteiger charge is 2.30. The second kappa shape index (κ2) is 8.08. The van der Waals surface area contributed by atoms with E-state index in [2.05, 4.69) is 10.6 Å². The molecule has 1 aromatic carbocycles. The third-order valence-corrected chi connectivity index (χ3v) is 4.44. The third kappa shape index (κ3) is 4.91. The molecule has 24 heavy (non-hydrogen) atoms. The molecule has 5 nitrogen and oxygen atoms in total. The van der Waals surface area contributed by atoms with Gasteiger partial charge in [-0.1, -0.05) is 12.1 Å². The Kier molecular flexibility index (Phi) is 6.12. The van der Waals surface area contributed by atoms with Gasteiger partial charge < -0.3 is 10.6 Å². The van der Waals surface area contributed by atoms with Crippen molar-refractivity contribution in [3.63, 3.8) is 0 Å². The van der Waals surface area contributed by atoms with Gasteiger partial charge in [-0.3, -0.25) is 14.4 Å². The van der Waals surface area contributed by atoms with Crippen molar-refractivity contribution in [3.8, 4) is 0 Å². The van der Waals surface area contributed by atoms with Crippen molar-refractivity contribution in [3.05, 3.63) is 29.8 Å². The number of Topliss-reactive ketones (excluding diaryl/α,β-unsaturated/α-hetero) is 1. The van der Waals surface area contributed by atoms with Crippen LogP contribution in [0.5, 0.6) is 0 Å². The Labute approximate surface area is 143 Å². The summed E-state index contributed by atoms with van der Waals surface area (Å²) in [5, 5.41) is 5.83. The Balaban J connectivity index is 1.88. The zero-order chi connectivity index (χ0) is 17.7. The van der Waals surface area contributed by atoms with Crippen molar-refractivity contribution in [2.45, 2.75) is 52.5 Å². The summed E-state index contributed by atoms with van der Waals surface area (Å²) in [6, 6.07) is 7.12. The maximum Gasteiger partial charge on any atom is 0.227 e. The lowest BCUT2D eigenvalue weighted by molar-refractivity contribution is -0.128. The van der Waals surface area contributed by atoms with Gasteiger partial charge in [-0.05, 0) is 58.6 Å². The first kappa shape index (κ1) is 18.2. The number of ketones is 1. The van der Waals surface area contributed by atoms with Crippen LogP contribution in [0.2, 0.25) is 0 Å². The number of amides is 2. The van der Waals surface area contributed by atoms with Gasteiger partial charge >= 0.3 is 0 Å². The summed E-state index contributed by atoms with van der Waals surface area (Å²) in [6.45, 7) is 5.41. The average Bonchev–Trinajstić information content (AvgIpc) is 2.54. The minimum atomic E-state index is -0.0749. The van der Waals surface area contributed by atoms with Gasteiger partial charge in [-0.25, -0.2) is 0 Å². The first-order chi connectivity index (χ1) is 11.4. The Morgan fingerprint density at radius 2 is 1.58 bits per heavy atom. The zero-order valence-electron chi connectivity index (χ0n) is 14.6. The highest BCUT2D eigenvalue weighted by Crippen LogP contribution is 2.30. The van der Waals surface area contributed by atoms with Crippen LogP contribution in [0, 0.1) is 11.8 Å². The molecule has 0 spiro atoms. The lowest BCUT2D eigenvalue weighted by atomic mass is 9.81. The smallest absolute Gasteiger partial charge is 0.227 e. The monoisotopic (exact) mass is 330 g/mol. The van der Waals surface area contributed by atoms with Crippen LogP contribution in [-0.2, 0) is 9.59 Å². The summed E-state index contributed by atoms with van der Waals surface area (Å²) in [5.74, 6) is -0.0224. The summed E-state index contributed by atoms with van der Waals surface area (Å²) in [7, 11) is 0. The Morgan fingerprint density at radius 1 is 1.00 bits per heavy atom. The predicted molar refractivity (Wildman–Crippen MR) is 93.8 cm³/mol. The minimum absolute atomic E-state index is 0.0116. The molecule has 1 aromatic rings. The molecule has 1 aliphatic carbocycles. The number of hydrogen-bond acceptors (Lipinski definition) is 3. The Bertz CT molecular complexity index is 617. The Morgan fingerprint density at radius 3 is 2.12 bits per heavy atom. The van der Waals surface area contributed by atoms with Crippen LogP contribution in [0.3, 0.4) is 0 Å². The number of anilines is 1. The van der Waals surface area contributed by atoms with E-state index in [1.165, 1.54) is 6.92 Å². The molecule has 5 heteroatoms. The number of rotatable bonds is 5. The predicted octanol–water partition coefficient (Wildman–Crippen LogP) is 3.16. The Hall–Kier alpha value is -2.17. The van der Waals surface area contributed by atoms with Gasteiger partial charge in [-0.2, -0.15) is 0 Å². The van der Waals surface area contributed by atoms with Gasteiger partial charge in [0.1, 0.15) is 0 Å². The molecule has 1 aliphatic rings. The molecule has 0 aliphatic heterocycles. The summed E-state index contributed by atoms with van der Waals surface area (Å²) in [5.41, 5.74) is 1.23. The van der Waals surface area contributed by atoms with E-state index in [-0.39, 0.29) is 35.5 Å². The van der Waals surface area contributed by atoms with Crippen LogP contribution in [0.25, 0.3) is 0 Å². The molecule has 0 aromatic heterocycles. The molecule has 2 N–H and O–H groups in total. The quantitative estimate of drug-likeness (QED) is 0.814. The first-order valence-corrected chi connectivity index (χ1v) is 8.59. The van der Waals surface area contributed by atoms with Gasteiger partial charge in [-0.15, -0.1) is 0 Å². The molecule has 0 atom stereocenters. The van der Waals surface area contributed by atoms with E-state index in [0.29, 0.717) is 24.1 Å². The minimum Gasteiger partial charge on any atom is -0.354 e. The lowest BCUT2D eigenvalue weighted by Crippen LogP contribution is -2.38. The molecule has 0 saturated heterocycles. The van der Waals surface area contributed by atoms with Crippen LogP contribution >= 0.6 is 0 Å². The molecule has 2 rings (SSSR count). The van der Waals surface area contributed by atoms with Crippen LogP contribution in [0.15, 0.2) is 24.3 Å². The first-order valence-electron chi connectivity index (χ1n) is 8.59. The maximum atomic E-state index is 12.4. The fourth-order valence-electron chi connectivity index (χ4n) is 3.08. The second-order valence-electron chi connectivity index (χ2n) is 6.84. The fourth-order valence-corrected chi connectivity index (χ4v) is 3.08. The van der Waals surface area contributed by atoms with Crippen molar-refractivity contribution >= 4 is 23.3 Å². The zero-order valence-corrected chi connectivity index (χ0v) is 14.6. The third-order valence-electron chi connectivity index (χ3n) is 4.44. The molecule has 0 unspecified atom stereocenters.